The summed E-state index contributed by atoms with van der Waals surface area (Å²) in [6.45, 7) is 0. The van der Waals surface area contributed by atoms with Crippen molar-refractivity contribution in [3.63, 3.8) is 0 Å². The van der Waals surface area contributed by atoms with Gasteiger partial charge in [-0.25, -0.2) is 0 Å². The van der Waals surface area contributed by atoms with Gasteiger partial charge in [0, 0.05) is 48.5 Å². The number of nitrogens with zero attached hydrogens (tertiary/aromatic N) is 6. The Morgan fingerprint density at radius 2 is 0.675 bits per heavy atom. The SMILES string of the molecule is N#Cc1c(-n2c3ccccc3c3ccccc32)c(C#N)c(-n2c3ccccc3c3ccccc32)c(-n2c3cc(-c4cc5ccccc5c5ccccc45)ccc3c3ccc4oc5ccccc5c4c32)c1-n1c2ccccc2c2ccccc21. The summed E-state index contributed by atoms with van der Waals surface area (Å²) in [4.78, 5) is 0. The van der Waals surface area contributed by atoms with E-state index in [1.165, 1.54) is 10.8 Å². The third-order valence-electron chi connectivity index (χ3n) is 17.6. The smallest absolute Gasteiger partial charge is 0.137 e. The lowest BCUT2D eigenvalue weighted by atomic mass is 9.93. The minimum Gasteiger partial charge on any atom is -0.456 e. The first kappa shape index (κ1) is 45.2. The lowest BCUT2D eigenvalue weighted by Gasteiger charge is -2.27. The molecule has 13 aromatic carbocycles. The van der Waals surface area contributed by atoms with Crippen molar-refractivity contribution >= 4 is 131 Å². The normalized spacial score (nSPS) is 12.1. The molecule has 0 amide bonds. The molecule has 18 rings (SSSR count). The van der Waals surface area contributed by atoms with Gasteiger partial charge in [0.1, 0.15) is 34.4 Å². The van der Waals surface area contributed by atoms with Gasteiger partial charge in [-0.05, 0) is 99.4 Å². The van der Waals surface area contributed by atoms with Gasteiger partial charge in [0.15, 0.2) is 0 Å². The number of rotatable bonds is 5. The lowest BCUT2D eigenvalue weighted by Crippen LogP contribution is -2.17. The molecule has 83 heavy (non-hydrogen) atoms. The molecule has 18 aromatic rings. The van der Waals surface area contributed by atoms with Gasteiger partial charge in [0.25, 0.3) is 0 Å². The summed E-state index contributed by atoms with van der Waals surface area (Å²) >= 11 is 0. The van der Waals surface area contributed by atoms with Gasteiger partial charge in [-0.3, -0.25) is 0 Å². The van der Waals surface area contributed by atoms with Gasteiger partial charge < -0.3 is 22.7 Å². The largest absolute Gasteiger partial charge is 0.456 e. The quantitative estimate of drug-likeness (QED) is 0.161. The molecule has 0 spiro atoms. The fourth-order valence-corrected chi connectivity index (χ4v) is 14.3. The van der Waals surface area contributed by atoms with E-state index >= 15 is 0 Å². The summed E-state index contributed by atoms with van der Waals surface area (Å²) in [5.41, 5.74) is 13.9. The molecule has 0 radical (unpaired) electrons. The average Bonchev–Trinajstić information content (AvgIpc) is 1.92. The van der Waals surface area contributed by atoms with E-state index in [0.29, 0.717) is 33.9 Å². The summed E-state index contributed by atoms with van der Waals surface area (Å²) < 4.78 is 16.1. The molecular formula is C76H42N6O. The number of para-hydroxylation sites is 7. The number of nitriles is 2. The third-order valence-corrected chi connectivity index (χ3v) is 17.6. The van der Waals surface area contributed by atoms with E-state index in [0.717, 1.165) is 131 Å². The van der Waals surface area contributed by atoms with Crippen LogP contribution >= 0.6 is 0 Å². The summed E-state index contributed by atoms with van der Waals surface area (Å²) in [7, 11) is 0. The van der Waals surface area contributed by atoms with Crippen LogP contribution in [-0.4, -0.2) is 18.3 Å². The molecule has 5 aromatic heterocycles. The van der Waals surface area contributed by atoms with E-state index in [2.05, 4.69) is 261 Å². The van der Waals surface area contributed by atoms with Crippen LogP contribution in [0.5, 0.6) is 0 Å². The molecule has 382 valence electrons. The van der Waals surface area contributed by atoms with Crippen LogP contribution in [0.3, 0.4) is 0 Å². The van der Waals surface area contributed by atoms with E-state index in [1.54, 1.807) is 0 Å². The molecule has 0 aliphatic carbocycles. The number of hydrogen-bond donors (Lipinski definition) is 0. The number of fused-ring (bicyclic) bond motifs is 19. The molecule has 0 N–H and O–H groups in total. The van der Waals surface area contributed by atoms with Gasteiger partial charge in [-0.1, -0.05) is 188 Å². The Balaban J connectivity index is 1.16. The standard InChI is InChI=1S/C76H42N6O/c77-43-60-72(79-62-30-12-5-23-50(62)51-24-6-13-31-63(51)79)61(44-78)75(81-66-34-16-9-27-54(66)55-28-10-17-35-67(55)81)76(74(60)80-64-32-14-7-25-52(64)53-26-8-15-33-65(53)80)82-68-42-46(59-41-45-19-1-2-20-47(45)48-21-3-4-22-49(48)59)37-38-56(68)57-39-40-70-71(73(57)82)58-29-11-18-36-69(58)83-70/h1-42H. The Labute approximate surface area is 473 Å². The predicted molar refractivity (Wildman–Crippen MR) is 341 cm³/mol. The summed E-state index contributed by atoms with van der Waals surface area (Å²) in [5, 5.41) is 40.2. The van der Waals surface area contributed by atoms with Crippen LogP contribution < -0.4 is 0 Å². The highest BCUT2D eigenvalue weighted by Crippen LogP contribution is 2.51. The van der Waals surface area contributed by atoms with Crippen molar-refractivity contribution in [2.75, 3.05) is 0 Å². The van der Waals surface area contributed by atoms with Crippen molar-refractivity contribution in [2.45, 2.75) is 0 Å². The topological polar surface area (TPSA) is 80.4 Å². The lowest BCUT2D eigenvalue weighted by molar-refractivity contribution is 0.669. The maximum atomic E-state index is 12.8. The number of hydrogen-bond acceptors (Lipinski definition) is 3. The van der Waals surface area contributed by atoms with Crippen molar-refractivity contribution in [3.8, 4) is 46.0 Å². The summed E-state index contributed by atoms with van der Waals surface area (Å²) in [6, 6.07) is 95.6. The molecule has 7 nitrogen and oxygen atoms in total. The second-order valence-corrected chi connectivity index (χ2v) is 21.7. The van der Waals surface area contributed by atoms with Gasteiger partial charge in [-0.2, -0.15) is 10.5 Å². The van der Waals surface area contributed by atoms with E-state index < -0.39 is 0 Å². The molecule has 0 aliphatic rings. The van der Waals surface area contributed by atoms with Crippen molar-refractivity contribution < 1.29 is 4.42 Å². The van der Waals surface area contributed by atoms with Gasteiger partial charge in [0.05, 0.1) is 72.3 Å². The Kier molecular flexibility index (Phi) is 9.23. The minimum atomic E-state index is 0.343. The zero-order valence-corrected chi connectivity index (χ0v) is 44.3. The molecule has 7 heteroatoms. The highest BCUT2D eigenvalue weighted by atomic mass is 16.3. The molecule has 0 atom stereocenters. The Hall–Kier alpha value is -11.6. The van der Waals surface area contributed by atoms with Crippen LogP contribution in [0, 0.1) is 22.7 Å². The number of benzene rings is 13. The van der Waals surface area contributed by atoms with Crippen LogP contribution in [0.4, 0.5) is 0 Å². The van der Waals surface area contributed by atoms with E-state index in [9.17, 15) is 10.5 Å². The Morgan fingerprint density at radius 3 is 1.18 bits per heavy atom. The van der Waals surface area contributed by atoms with Crippen LogP contribution in [0.15, 0.2) is 259 Å². The molecule has 0 aliphatic heterocycles. The maximum Gasteiger partial charge on any atom is 0.137 e. The third kappa shape index (κ3) is 6.04. The number of furan rings is 1. The summed E-state index contributed by atoms with van der Waals surface area (Å²) in [5.74, 6) is 0. The zero-order chi connectivity index (χ0) is 54.6. The monoisotopic (exact) mass is 1050 g/mol. The Morgan fingerprint density at radius 1 is 0.277 bits per heavy atom. The molecule has 0 saturated carbocycles. The summed E-state index contributed by atoms with van der Waals surface area (Å²) in [6.07, 6.45) is 0. The van der Waals surface area contributed by atoms with Crippen LogP contribution in [-0.2, 0) is 0 Å². The fraction of sp³-hybridized carbons (Fsp3) is 0. The second kappa shape index (κ2) is 16.9. The van der Waals surface area contributed by atoms with Crippen LogP contribution in [0.1, 0.15) is 11.1 Å². The first-order chi connectivity index (χ1) is 41.2. The maximum absolute atomic E-state index is 12.8. The second-order valence-electron chi connectivity index (χ2n) is 21.7. The fourth-order valence-electron chi connectivity index (χ4n) is 14.3. The van der Waals surface area contributed by atoms with E-state index in [1.807, 2.05) is 24.3 Å². The van der Waals surface area contributed by atoms with Crippen LogP contribution in [0.25, 0.3) is 165 Å². The predicted octanol–water partition coefficient (Wildman–Crippen LogP) is 19.7. The van der Waals surface area contributed by atoms with E-state index in [-0.39, 0.29) is 0 Å². The van der Waals surface area contributed by atoms with Gasteiger partial charge in [0.2, 0.25) is 0 Å². The van der Waals surface area contributed by atoms with Crippen molar-refractivity contribution in [1.29, 1.82) is 10.5 Å². The van der Waals surface area contributed by atoms with E-state index in [4.69, 9.17) is 4.42 Å². The van der Waals surface area contributed by atoms with Crippen molar-refractivity contribution in [3.05, 3.63) is 266 Å². The minimum absolute atomic E-state index is 0.343. The number of aromatic nitrogens is 4. The molecule has 0 fully saturated rings. The van der Waals surface area contributed by atoms with Gasteiger partial charge >= 0.3 is 0 Å². The molecule has 0 saturated heterocycles. The first-order valence-electron chi connectivity index (χ1n) is 28.0. The van der Waals surface area contributed by atoms with Crippen molar-refractivity contribution in [2.24, 2.45) is 0 Å². The highest BCUT2D eigenvalue weighted by Gasteiger charge is 2.35. The van der Waals surface area contributed by atoms with Gasteiger partial charge in [-0.15, -0.1) is 0 Å². The zero-order valence-electron chi connectivity index (χ0n) is 44.3. The molecule has 5 heterocycles. The molecular weight excluding hydrogens is 1010 g/mol. The van der Waals surface area contributed by atoms with Crippen molar-refractivity contribution in [1.82, 2.24) is 18.3 Å². The molecule has 0 unspecified atom stereocenters. The highest BCUT2D eigenvalue weighted by molar-refractivity contribution is 6.26. The Bertz CT molecular complexity index is 5670. The average molecular weight is 1060 g/mol. The first-order valence-corrected chi connectivity index (χ1v) is 28.0. The van der Waals surface area contributed by atoms with Crippen LogP contribution in [0.2, 0.25) is 0 Å². The molecule has 0 bridgehead atoms.